The standard InChI is InChI=1S/C14H20BrN/c1-14(2,3)12-6-11(7-13(15)8-12)10-4-5-16-9-10/h6-8,10,16H,4-5,9H2,1-3H3. The summed E-state index contributed by atoms with van der Waals surface area (Å²) in [5.41, 5.74) is 3.12. The minimum Gasteiger partial charge on any atom is -0.316 e. The average Bonchev–Trinajstić information content (AvgIpc) is 2.68. The van der Waals surface area contributed by atoms with Crippen molar-refractivity contribution in [1.29, 1.82) is 0 Å². The summed E-state index contributed by atoms with van der Waals surface area (Å²) in [6.07, 6.45) is 1.26. The van der Waals surface area contributed by atoms with Crippen LogP contribution in [0.3, 0.4) is 0 Å². The summed E-state index contributed by atoms with van der Waals surface area (Å²) in [5.74, 6) is 0.693. The molecule has 0 saturated carbocycles. The SMILES string of the molecule is CC(C)(C)c1cc(Br)cc(C2CCNC2)c1. The highest BCUT2D eigenvalue weighted by Crippen LogP contribution is 2.31. The third-order valence-electron chi connectivity index (χ3n) is 3.32. The van der Waals surface area contributed by atoms with Crippen LogP contribution in [0.1, 0.15) is 44.2 Å². The average molecular weight is 282 g/mol. The molecule has 1 saturated heterocycles. The van der Waals surface area contributed by atoms with Crippen molar-refractivity contribution in [3.8, 4) is 0 Å². The van der Waals surface area contributed by atoms with Crippen LogP contribution < -0.4 is 5.32 Å². The van der Waals surface area contributed by atoms with Crippen molar-refractivity contribution in [3.05, 3.63) is 33.8 Å². The van der Waals surface area contributed by atoms with Crippen molar-refractivity contribution in [2.45, 2.75) is 38.5 Å². The van der Waals surface area contributed by atoms with E-state index >= 15 is 0 Å². The Hall–Kier alpha value is -0.340. The highest BCUT2D eigenvalue weighted by Gasteiger charge is 2.20. The third-order valence-corrected chi connectivity index (χ3v) is 3.78. The van der Waals surface area contributed by atoms with Gasteiger partial charge in [0, 0.05) is 11.0 Å². The van der Waals surface area contributed by atoms with Crippen LogP contribution in [0.4, 0.5) is 0 Å². The van der Waals surface area contributed by atoms with Crippen LogP contribution in [0, 0.1) is 0 Å². The van der Waals surface area contributed by atoms with Crippen molar-refractivity contribution in [1.82, 2.24) is 5.32 Å². The van der Waals surface area contributed by atoms with Crippen molar-refractivity contribution >= 4 is 15.9 Å². The summed E-state index contributed by atoms with van der Waals surface area (Å²) in [4.78, 5) is 0. The van der Waals surface area contributed by atoms with Crippen LogP contribution in [0.5, 0.6) is 0 Å². The predicted molar refractivity (Wildman–Crippen MR) is 73.1 cm³/mol. The molecule has 1 nitrogen and oxygen atoms in total. The fourth-order valence-corrected chi connectivity index (χ4v) is 2.73. The molecule has 1 N–H and O–H groups in total. The number of benzene rings is 1. The lowest BCUT2D eigenvalue weighted by molar-refractivity contribution is 0.587. The van der Waals surface area contributed by atoms with E-state index in [1.165, 1.54) is 22.0 Å². The second-order valence-corrected chi connectivity index (χ2v) is 6.63. The van der Waals surface area contributed by atoms with Crippen molar-refractivity contribution in [2.24, 2.45) is 0 Å². The van der Waals surface area contributed by atoms with E-state index in [9.17, 15) is 0 Å². The number of halogens is 1. The van der Waals surface area contributed by atoms with E-state index in [-0.39, 0.29) is 5.41 Å². The molecule has 1 aromatic carbocycles. The smallest absolute Gasteiger partial charge is 0.0181 e. The van der Waals surface area contributed by atoms with Gasteiger partial charge in [-0.15, -0.1) is 0 Å². The molecule has 0 bridgehead atoms. The van der Waals surface area contributed by atoms with Crippen LogP contribution in [-0.2, 0) is 5.41 Å². The van der Waals surface area contributed by atoms with E-state index in [2.05, 4.69) is 60.2 Å². The molecule has 1 heterocycles. The highest BCUT2D eigenvalue weighted by atomic mass is 79.9. The topological polar surface area (TPSA) is 12.0 Å². The number of hydrogen-bond donors (Lipinski definition) is 1. The molecule has 2 rings (SSSR count). The van der Waals surface area contributed by atoms with Crippen molar-refractivity contribution < 1.29 is 0 Å². The Balaban J connectivity index is 2.35. The second kappa shape index (κ2) is 4.50. The maximum Gasteiger partial charge on any atom is 0.0181 e. The molecule has 1 aromatic rings. The van der Waals surface area contributed by atoms with Gasteiger partial charge in [0.2, 0.25) is 0 Å². The van der Waals surface area contributed by atoms with Gasteiger partial charge in [-0.1, -0.05) is 42.8 Å². The van der Waals surface area contributed by atoms with Crippen molar-refractivity contribution in [3.63, 3.8) is 0 Å². The molecule has 0 radical (unpaired) electrons. The summed E-state index contributed by atoms with van der Waals surface area (Å²) in [6, 6.07) is 6.89. The van der Waals surface area contributed by atoms with E-state index in [0.717, 1.165) is 13.1 Å². The first-order valence-electron chi connectivity index (χ1n) is 5.98. The molecule has 0 amide bonds. The Morgan fingerprint density at radius 1 is 1.25 bits per heavy atom. The molecule has 16 heavy (non-hydrogen) atoms. The molecule has 1 fully saturated rings. The Kier molecular flexibility index (Phi) is 3.41. The second-order valence-electron chi connectivity index (χ2n) is 5.71. The molecule has 88 valence electrons. The summed E-state index contributed by atoms with van der Waals surface area (Å²) in [5, 5.41) is 3.43. The summed E-state index contributed by atoms with van der Waals surface area (Å²) in [6.45, 7) is 9.09. The minimum absolute atomic E-state index is 0.227. The lowest BCUT2D eigenvalue weighted by atomic mass is 9.84. The quantitative estimate of drug-likeness (QED) is 0.825. The van der Waals surface area contributed by atoms with Gasteiger partial charge in [0.05, 0.1) is 0 Å². The fraction of sp³-hybridized carbons (Fsp3) is 0.571. The molecule has 1 aliphatic heterocycles. The van der Waals surface area contributed by atoms with E-state index < -0.39 is 0 Å². The van der Waals surface area contributed by atoms with Crippen LogP contribution in [-0.4, -0.2) is 13.1 Å². The first-order chi connectivity index (χ1) is 7.47. The summed E-state index contributed by atoms with van der Waals surface area (Å²) < 4.78 is 1.21. The molecule has 2 heteroatoms. The van der Waals surface area contributed by atoms with E-state index in [4.69, 9.17) is 0 Å². The monoisotopic (exact) mass is 281 g/mol. The van der Waals surface area contributed by atoms with Gasteiger partial charge >= 0.3 is 0 Å². The maximum atomic E-state index is 3.63. The zero-order valence-corrected chi connectivity index (χ0v) is 11.9. The molecule has 0 aromatic heterocycles. The molecular formula is C14H20BrN. The third kappa shape index (κ3) is 2.67. The Morgan fingerprint density at radius 3 is 2.56 bits per heavy atom. The molecule has 0 spiro atoms. The maximum absolute atomic E-state index is 3.63. The molecular weight excluding hydrogens is 262 g/mol. The van der Waals surface area contributed by atoms with E-state index in [1.807, 2.05) is 0 Å². The molecule has 1 unspecified atom stereocenters. The zero-order chi connectivity index (χ0) is 11.8. The van der Waals surface area contributed by atoms with Gasteiger partial charge in [-0.05, 0) is 47.6 Å². The van der Waals surface area contributed by atoms with Gasteiger partial charge in [0.1, 0.15) is 0 Å². The number of nitrogens with one attached hydrogen (secondary N) is 1. The van der Waals surface area contributed by atoms with Crippen molar-refractivity contribution in [2.75, 3.05) is 13.1 Å². The highest BCUT2D eigenvalue weighted by molar-refractivity contribution is 9.10. The molecule has 1 atom stereocenters. The van der Waals surface area contributed by atoms with Gasteiger partial charge < -0.3 is 5.32 Å². The van der Waals surface area contributed by atoms with Crippen LogP contribution in [0.2, 0.25) is 0 Å². The largest absolute Gasteiger partial charge is 0.316 e. The first-order valence-corrected chi connectivity index (χ1v) is 6.78. The van der Waals surface area contributed by atoms with Gasteiger partial charge in [-0.2, -0.15) is 0 Å². The van der Waals surface area contributed by atoms with Gasteiger partial charge in [-0.3, -0.25) is 0 Å². The number of hydrogen-bond acceptors (Lipinski definition) is 1. The van der Waals surface area contributed by atoms with Crippen LogP contribution in [0.15, 0.2) is 22.7 Å². The van der Waals surface area contributed by atoms with Gasteiger partial charge in [0.15, 0.2) is 0 Å². The minimum atomic E-state index is 0.227. The van der Waals surface area contributed by atoms with E-state index in [0.29, 0.717) is 5.92 Å². The fourth-order valence-electron chi connectivity index (χ4n) is 2.22. The van der Waals surface area contributed by atoms with E-state index in [1.54, 1.807) is 0 Å². The predicted octanol–water partition coefficient (Wildman–Crippen LogP) is 3.82. The van der Waals surface area contributed by atoms with Gasteiger partial charge in [0.25, 0.3) is 0 Å². The zero-order valence-electron chi connectivity index (χ0n) is 10.3. The molecule has 0 aliphatic carbocycles. The van der Waals surface area contributed by atoms with Crippen LogP contribution in [0.25, 0.3) is 0 Å². The Labute approximate surface area is 107 Å². The lowest BCUT2D eigenvalue weighted by Gasteiger charge is -2.22. The lowest BCUT2D eigenvalue weighted by Crippen LogP contribution is -2.13. The Bertz CT molecular complexity index is 373. The summed E-state index contributed by atoms with van der Waals surface area (Å²) >= 11 is 3.63. The number of rotatable bonds is 1. The summed E-state index contributed by atoms with van der Waals surface area (Å²) in [7, 11) is 0. The van der Waals surface area contributed by atoms with Crippen LogP contribution >= 0.6 is 15.9 Å². The molecule has 1 aliphatic rings. The van der Waals surface area contributed by atoms with Gasteiger partial charge in [-0.25, -0.2) is 0 Å². The first kappa shape index (κ1) is 12.1. The normalized spacial score (nSPS) is 21.4. The Morgan fingerprint density at radius 2 is 2.00 bits per heavy atom.